The van der Waals surface area contributed by atoms with Crippen LogP contribution in [0.1, 0.15) is 54.6 Å². The zero-order chi connectivity index (χ0) is 24.2. The van der Waals surface area contributed by atoms with Gasteiger partial charge in [0.15, 0.2) is 0 Å². The fraction of sp³-hybridized carbons (Fsp3) is 0.480. The summed E-state index contributed by atoms with van der Waals surface area (Å²) in [5, 5.41) is 17.7. The lowest BCUT2D eigenvalue weighted by Gasteiger charge is -2.29. The SMILES string of the molecule is CCCc1ccc(=O)n(Cc2c(-c3ccc(C4COCC(CC(=O)O)C4)c(C)n3)nnn2C)c1. The Kier molecular flexibility index (Phi) is 7.21. The van der Waals surface area contributed by atoms with Gasteiger partial charge in [0.2, 0.25) is 0 Å². The van der Waals surface area contributed by atoms with Gasteiger partial charge in [0.25, 0.3) is 5.56 Å². The maximum Gasteiger partial charge on any atom is 0.303 e. The number of hydrogen-bond donors (Lipinski definition) is 1. The Balaban J connectivity index is 1.60. The minimum atomic E-state index is -0.797. The first-order valence-corrected chi connectivity index (χ1v) is 11.7. The summed E-state index contributed by atoms with van der Waals surface area (Å²) in [7, 11) is 1.82. The van der Waals surface area contributed by atoms with Crippen LogP contribution in [-0.4, -0.2) is 48.8 Å². The third-order valence-electron chi connectivity index (χ3n) is 6.41. The molecule has 2 atom stereocenters. The van der Waals surface area contributed by atoms with E-state index in [2.05, 4.69) is 17.2 Å². The molecule has 0 saturated carbocycles. The Morgan fingerprint density at radius 3 is 2.79 bits per heavy atom. The van der Waals surface area contributed by atoms with Crippen LogP contribution in [0, 0.1) is 12.8 Å². The smallest absolute Gasteiger partial charge is 0.303 e. The molecule has 0 bridgehead atoms. The Morgan fingerprint density at radius 2 is 2.06 bits per heavy atom. The third-order valence-corrected chi connectivity index (χ3v) is 6.41. The van der Waals surface area contributed by atoms with Crippen molar-refractivity contribution in [1.29, 1.82) is 0 Å². The normalized spacial score (nSPS) is 18.2. The van der Waals surface area contributed by atoms with Crippen LogP contribution >= 0.6 is 0 Å². The van der Waals surface area contributed by atoms with Gasteiger partial charge in [0, 0.05) is 37.5 Å². The molecule has 4 heterocycles. The van der Waals surface area contributed by atoms with E-state index in [4.69, 9.17) is 14.8 Å². The van der Waals surface area contributed by atoms with Gasteiger partial charge < -0.3 is 14.4 Å². The lowest BCUT2D eigenvalue weighted by atomic mass is 9.85. The lowest BCUT2D eigenvalue weighted by Crippen LogP contribution is -2.26. The zero-order valence-electron chi connectivity index (χ0n) is 19.9. The van der Waals surface area contributed by atoms with Gasteiger partial charge in [-0.15, -0.1) is 5.10 Å². The summed E-state index contributed by atoms with van der Waals surface area (Å²) in [5.74, 6) is -0.682. The fourth-order valence-electron chi connectivity index (χ4n) is 4.71. The van der Waals surface area contributed by atoms with Crippen molar-refractivity contribution in [3.8, 4) is 11.4 Å². The number of carboxylic acids is 1. The number of rotatable bonds is 8. The number of aliphatic carboxylic acids is 1. The molecule has 2 unspecified atom stereocenters. The first-order valence-electron chi connectivity index (χ1n) is 11.7. The van der Waals surface area contributed by atoms with Crippen LogP contribution < -0.4 is 5.56 Å². The predicted molar refractivity (Wildman–Crippen MR) is 127 cm³/mol. The first-order chi connectivity index (χ1) is 16.4. The molecule has 3 aromatic rings. The molecule has 1 aliphatic rings. The van der Waals surface area contributed by atoms with Gasteiger partial charge in [-0.2, -0.15) is 0 Å². The number of aromatic nitrogens is 5. The molecular weight excluding hydrogens is 434 g/mol. The Morgan fingerprint density at radius 1 is 1.24 bits per heavy atom. The van der Waals surface area contributed by atoms with Gasteiger partial charge in [-0.3, -0.25) is 14.6 Å². The summed E-state index contributed by atoms with van der Waals surface area (Å²) >= 11 is 0. The molecule has 0 amide bonds. The molecule has 180 valence electrons. The molecule has 0 aliphatic carbocycles. The van der Waals surface area contributed by atoms with Crippen LogP contribution in [0.25, 0.3) is 11.4 Å². The fourth-order valence-corrected chi connectivity index (χ4v) is 4.71. The van der Waals surface area contributed by atoms with E-state index in [1.807, 2.05) is 38.4 Å². The number of pyridine rings is 2. The van der Waals surface area contributed by atoms with Crippen molar-refractivity contribution in [2.45, 2.75) is 52.0 Å². The summed E-state index contributed by atoms with van der Waals surface area (Å²) in [5.41, 5.74) is 5.12. The Labute approximate surface area is 198 Å². The Hall–Kier alpha value is -3.33. The van der Waals surface area contributed by atoms with E-state index in [0.717, 1.165) is 41.8 Å². The standard InChI is InChI=1S/C25H31N5O4/c1-4-5-17-6-9-23(31)30(12-17)13-22-25(27-28-29(22)3)21-8-7-20(16(2)26-21)19-10-18(11-24(32)33)14-34-15-19/h6-9,12,18-19H,4-5,10-11,13-15H2,1-3H3,(H,32,33). The predicted octanol–water partition coefficient (Wildman–Crippen LogP) is 2.94. The Bertz CT molecular complexity index is 1230. The number of aryl methyl sites for hydroxylation is 3. The number of carboxylic acid groups (broad SMARTS) is 1. The highest BCUT2D eigenvalue weighted by Crippen LogP contribution is 2.33. The highest BCUT2D eigenvalue weighted by molar-refractivity contribution is 5.67. The molecule has 0 radical (unpaired) electrons. The van der Waals surface area contributed by atoms with Crippen LogP contribution in [0.4, 0.5) is 0 Å². The van der Waals surface area contributed by atoms with Crippen molar-refractivity contribution in [3.05, 3.63) is 63.3 Å². The number of hydrogen-bond acceptors (Lipinski definition) is 6. The van der Waals surface area contributed by atoms with Crippen LogP contribution in [0.2, 0.25) is 0 Å². The maximum atomic E-state index is 12.5. The van der Waals surface area contributed by atoms with Gasteiger partial charge in [0.05, 0.1) is 31.0 Å². The van der Waals surface area contributed by atoms with Crippen molar-refractivity contribution in [1.82, 2.24) is 24.5 Å². The average molecular weight is 466 g/mol. The van der Waals surface area contributed by atoms with Crippen LogP contribution in [0.15, 0.2) is 35.3 Å². The minimum Gasteiger partial charge on any atom is -0.481 e. The maximum absolute atomic E-state index is 12.5. The van der Waals surface area contributed by atoms with Crippen LogP contribution in [-0.2, 0) is 29.5 Å². The van der Waals surface area contributed by atoms with Crippen molar-refractivity contribution >= 4 is 5.97 Å². The van der Waals surface area contributed by atoms with Crippen molar-refractivity contribution in [2.24, 2.45) is 13.0 Å². The van der Waals surface area contributed by atoms with E-state index in [0.29, 0.717) is 31.1 Å². The van der Waals surface area contributed by atoms with E-state index in [-0.39, 0.29) is 23.8 Å². The summed E-state index contributed by atoms with van der Waals surface area (Å²) in [6, 6.07) is 7.44. The van der Waals surface area contributed by atoms with Crippen molar-refractivity contribution in [2.75, 3.05) is 13.2 Å². The van der Waals surface area contributed by atoms with Gasteiger partial charge in [-0.05, 0) is 42.9 Å². The summed E-state index contributed by atoms with van der Waals surface area (Å²) in [6.07, 6.45) is 4.71. The average Bonchev–Trinajstić information content (AvgIpc) is 3.16. The van der Waals surface area contributed by atoms with E-state index < -0.39 is 5.97 Å². The molecular formula is C25H31N5O4. The molecule has 0 aromatic carbocycles. The second-order valence-electron chi connectivity index (χ2n) is 9.07. The number of ether oxygens (including phenoxy) is 1. The monoisotopic (exact) mass is 465 g/mol. The third kappa shape index (κ3) is 5.25. The first kappa shape index (κ1) is 23.8. The van der Waals surface area contributed by atoms with Gasteiger partial charge in [-0.25, -0.2) is 4.68 Å². The molecule has 1 fully saturated rings. The van der Waals surface area contributed by atoms with Crippen molar-refractivity contribution < 1.29 is 14.6 Å². The van der Waals surface area contributed by atoms with Crippen LogP contribution in [0.5, 0.6) is 0 Å². The highest BCUT2D eigenvalue weighted by Gasteiger charge is 2.27. The van der Waals surface area contributed by atoms with E-state index in [1.165, 1.54) is 0 Å². The van der Waals surface area contributed by atoms with Gasteiger partial charge >= 0.3 is 5.97 Å². The van der Waals surface area contributed by atoms with Crippen LogP contribution in [0.3, 0.4) is 0 Å². The second kappa shape index (κ2) is 10.3. The number of carbonyl (C=O) groups is 1. The van der Waals surface area contributed by atoms with E-state index >= 15 is 0 Å². The summed E-state index contributed by atoms with van der Waals surface area (Å²) < 4.78 is 9.07. The molecule has 0 spiro atoms. The van der Waals surface area contributed by atoms with E-state index in [1.54, 1.807) is 15.3 Å². The molecule has 4 rings (SSSR count). The van der Waals surface area contributed by atoms with Gasteiger partial charge in [0.1, 0.15) is 5.69 Å². The second-order valence-corrected chi connectivity index (χ2v) is 9.07. The van der Waals surface area contributed by atoms with E-state index in [9.17, 15) is 9.59 Å². The summed E-state index contributed by atoms with van der Waals surface area (Å²) in [6.45, 7) is 5.46. The topological polar surface area (TPSA) is 112 Å². The molecule has 3 aromatic heterocycles. The summed E-state index contributed by atoms with van der Waals surface area (Å²) in [4.78, 5) is 28.4. The molecule has 34 heavy (non-hydrogen) atoms. The molecule has 1 aliphatic heterocycles. The molecule has 1 saturated heterocycles. The number of nitrogens with zero attached hydrogens (tertiary/aromatic N) is 5. The minimum absolute atomic E-state index is 0.00343. The largest absolute Gasteiger partial charge is 0.481 e. The zero-order valence-corrected chi connectivity index (χ0v) is 19.9. The quantitative estimate of drug-likeness (QED) is 0.544. The molecule has 9 heteroatoms. The van der Waals surface area contributed by atoms with Gasteiger partial charge in [-0.1, -0.05) is 30.7 Å². The lowest BCUT2D eigenvalue weighted by molar-refractivity contribution is -0.139. The molecule has 9 nitrogen and oxygen atoms in total. The highest BCUT2D eigenvalue weighted by atomic mass is 16.5. The molecule has 1 N–H and O–H groups in total. The van der Waals surface area contributed by atoms with Crippen molar-refractivity contribution in [3.63, 3.8) is 0 Å².